The predicted octanol–water partition coefficient (Wildman–Crippen LogP) is -1.64. The Kier molecular flexibility index (Phi) is 5.96. The van der Waals surface area contributed by atoms with Crippen molar-refractivity contribution in [2.24, 2.45) is 5.73 Å². The van der Waals surface area contributed by atoms with Crippen LogP contribution in [0.4, 0.5) is 5.69 Å². The van der Waals surface area contributed by atoms with Crippen molar-refractivity contribution in [1.29, 1.82) is 0 Å². The number of nitrogen functional groups attached to an aromatic ring is 1. The molecule has 0 aliphatic heterocycles. The van der Waals surface area contributed by atoms with Crippen molar-refractivity contribution < 1.29 is 19.5 Å². The Morgan fingerprint density at radius 1 is 0.926 bits per heavy atom. The van der Waals surface area contributed by atoms with Crippen molar-refractivity contribution >= 4 is 22.2 Å². The van der Waals surface area contributed by atoms with Crippen LogP contribution >= 0.6 is 0 Å². The van der Waals surface area contributed by atoms with Crippen molar-refractivity contribution in [3.63, 3.8) is 0 Å². The molecule has 27 heavy (non-hydrogen) atoms. The van der Waals surface area contributed by atoms with Gasteiger partial charge in [-0.1, -0.05) is 18.2 Å². The van der Waals surface area contributed by atoms with E-state index in [2.05, 4.69) is 20.4 Å². The van der Waals surface area contributed by atoms with Crippen LogP contribution in [-0.2, 0) is 25.9 Å². The van der Waals surface area contributed by atoms with Gasteiger partial charge < -0.3 is 41.5 Å². The number of allylic oxidation sites excluding steroid dienone is 1. The van der Waals surface area contributed by atoms with Crippen LogP contribution in [0.15, 0.2) is 43.5 Å². The van der Waals surface area contributed by atoms with E-state index in [1.165, 1.54) is 6.07 Å². The zero-order chi connectivity index (χ0) is 18.8. The zero-order valence-electron chi connectivity index (χ0n) is 14.1. The van der Waals surface area contributed by atoms with Gasteiger partial charge in [0.1, 0.15) is 0 Å². The first kappa shape index (κ1) is 20.1. The van der Waals surface area contributed by atoms with Crippen molar-refractivity contribution in [2.45, 2.75) is 12.8 Å². The molecule has 1 aromatic carbocycles. The number of H-pyrrole nitrogens is 2. The fourth-order valence-corrected chi connectivity index (χ4v) is 2.70. The molecule has 0 atom stereocenters. The molecule has 0 bridgehead atoms. The van der Waals surface area contributed by atoms with E-state index in [-0.39, 0.29) is 41.4 Å². The van der Waals surface area contributed by atoms with Gasteiger partial charge in [-0.15, -0.1) is 0 Å². The normalized spacial score (nSPS) is 12.2. The summed E-state index contributed by atoms with van der Waals surface area (Å²) in [5.41, 5.74) is 10.9. The molecule has 2 heterocycles. The Hall–Kier alpha value is -3.20. The van der Waals surface area contributed by atoms with Gasteiger partial charge in [-0.3, -0.25) is 9.59 Å². The molecule has 0 fully saturated rings. The molecule has 2 aromatic heterocycles. The number of rotatable bonds is 0. The Bertz CT molecular complexity index is 1250. The van der Waals surface area contributed by atoms with Crippen molar-refractivity contribution in [1.82, 2.24) is 20.4 Å². The molecule has 4 rings (SSSR count). The smallest absolute Gasteiger partial charge is 0.560 e. The van der Waals surface area contributed by atoms with E-state index >= 15 is 0 Å². The fourth-order valence-electron chi connectivity index (χ4n) is 2.70. The first-order valence-electron chi connectivity index (χ1n) is 7.58. The summed E-state index contributed by atoms with van der Waals surface area (Å²) in [6, 6.07) is 4.70. The van der Waals surface area contributed by atoms with Gasteiger partial charge in [0, 0.05) is 16.8 Å². The molecule has 0 amide bonds. The summed E-state index contributed by atoms with van der Waals surface area (Å²) >= 11 is 0. The molecule has 6 N–H and O–H groups in total. The van der Waals surface area contributed by atoms with Gasteiger partial charge in [-0.25, -0.2) is 0 Å². The third-order valence-corrected chi connectivity index (χ3v) is 3.91. The minimum Gasteiger partial charge on any atom is -0.560 e. The minimum absolute atomic E-state index is 0. The average molecular weight is 420 g/mol. The molecule has 0 radical (unpaired) electrons. The van der Waals surface area contributed by atoms with Crippen LogP contribution < -0.4 is 43.9 Å². The van der Waals surface area contributed by atoms with Crippen LogP contribution in [0.2, 0.25) is 0 Å². The first-order valence-corrected chi connectivity index (χ1v) is 7.58. The topological polar surface area (TPSA) is 180 Å². The predicted molar refractivity (Wildman–Crippen MR) is 95.7 cm³/mol. The van der Waals surface area contributed by atoms with E-state index in [1.807, 2.05) is 0 Å². The summed E-state index contributed by atoms with van der Waals surface area (Å²) in [4.78, 5) is 44.8. The van der Waals surface area contributed by atoms with E-state index in [9.17, 15) is 19.2 Å². The van der Waals surface area contributed by atoms with E-state index in [0.29, 0.717) is 35.4 Å². The van der Waals surface area contributed by atoms with Gasteiger partial charge in [-0.2, -0.15) is 0 Å². The van der Waals surface area contributed by atoms with Crippen LogP contribution in [0.1, 0.15) is 17.5 Å². The molecule has 1 aliphatic rings. The Balaban J connectivity index is 0.000000187. The van der Waals surface area contributed by atoms with E-state index in [4.69, 9.17) is 11.5 Å². The molecule has 3 aromatic rings. The van der Waals surface area contributed by atoms with Gasteiger partial charge in [0.25, 0.3) is 0 Å². The number of nitrogens with two attached hydrogens (primary N) is 2. The Labute approximate surface area is 163 Å². The third-order valence-electron chi connectivity index (χ3n) is 3.91. The van der Waals surface area contributed by atoms with Crippen LogP contribution in [0.3, 0.4) is 0 Å². The van der Waals surface area contributed by atoms with Crippen LogP contribution in [-0.4, -0.2) is 10.2 Å². The second-order valence-corrected chi connectivity index (χ2v) is 5.54. The molecule has 0 unspecified atom stereocenters. The van der Waals surface area contributed by atoms with Crippen LogP contribution in [0.5, 0.6) is 0 Å². The number of aromatic nitrogens is 4. The Morgan fingerprint density at radius 3 is 2.26 bits per heavy atom. The van der Waals surface area contributed by atoms with Gasteiger partial charge >= 0.3 is 19.5 Å². The van der Waals surface area contributed by atoms with Crippen LogP contribution in [0.25, 0.3) is 16.5 Å². The maximum Gasteiger partial charge on any atom is 2.00 e. The maximum atomic E-state index is 11.2. The van der Waals surface area contributed by atoms with Gasteiger partial charge in [0.2, 0.25) is 11.1 Å². The van der Waals surface area contributed by atoms with E-state index in [1.54, 1.807) is 18.2 Å². The standard InChI is InChI=1S/C8H9N3O2.C8H7N3O2.Zn/c2*9-5-3-1-2-4-6(5)8(13)11-10-7(4)12;/h3H,1-2,9H2,(H2,10,11,12,13);1-3H,(H4,9,10,11,12,13);/q;;+2/p-2. The molecule has 1 aliphatic carbocycles. The molecule has 0 saturated heterocycles. The summed E-state index contributed by atoms with van der Waals surface area (Å²) in [6.45, 7) is 0. The number of aromatic amines is 2. The zero-order valence-corrected chi connectivity index (χ0v) is 17.1. The SMILES string of the molecule is NC1=CCCc2c1c(=O)[nH][n-]c2=O.Nc1cccc2c(=O)[n-][nH]c(=O)c12.[Zn+2]. The molecule has 0 spiro atoms. The Morgan fingerprint density at radius 2 is 1.59 bits per heavy atom. The molecule has 0 saturated carbocycles. The van der Waals surface area contributed by atoms with Gasteiger partial charge in [0.15, 0.2) is 0 Å². The summed E-state index contributed by atoms with van der Waals surface area (Å²) in [5, 5.41) is 11.3. The molecule has 11 heteroatoms. The monoisotopic (exact) mass is 418 g/mol. The van der Waals surface area contributed by atoms with E-state index < -0.39 is 11.1 Å². The van der Waals surface area contributed by atoms with E-state index in [0.717, 1.165) is 0 Å². The average Bonchev–Trinajstić information content (AvgIpc) is 2.62. The van der Waals surface area contributed by atoms with Crippen molar-refractivity contribution in [2.75, 3.05) is 5.73 Å². The first-order chi connectivity index (χ1) is 12.4. The maximum absolute atomic E-state index is 11.2. The fraction of sp³-hybridized carbons (Fsp3) is 0.125. The number of anilines is 1. The van der Waals surface area contributed by atoms with Crippen molar-refractivity contribution in [3.8, 4) is 0 Å². The summed E-state index contributed by atoms with van der Waals surface area (Å²) in [7, 11) is 0. The number of nitrogens with one attached hydrogen (secondary N) is 2. The minimum atomic E-state index is -0.470. The number of hydrogen-bond donors (Lipinski definition) is 4. The van der Waals surface area contributed by atoms with Crippen molar-refractivity contribution in [3.05, 3.63) is 76.8 Å². The third kappa shape index (κ3) is 3.82. The second-order valence-electron chi connectivity index (χ2n) is 5.54. The van der Waals surface area contributed by atoms with Crippen LogP contribution in [0, 0.1) is 0 Å². The molecule has 10 nitrogen and oxygen atoms in total. The summed E-state index contributed by atoms with van der Waals surface area (Å²) in [6.07, 6.45) is 2.99. The number of hydrogen-bond acceptors (Lipinski definition) is 6. The summed E-state index contributed by atoms with van der Waals surface area (Å²) in [5.74, 6) is 0. The number of fused-ring (bicyclic) bond motifs is 2. The number of nitrogens with zero attached hydrogens (tertiary/aromatic N) is 2. The molecular weight excluding hydrogens is 406 g/mol. The second kappa shape index (κ2) is 8.00. The number of benzene rings is 1. The largest absolute Gasteiger partial charge is 2.00 e. The summed E-state index contributed by atoms with van der Waals surface area (Å²) < 4.78 is 0. The molecular formula is C16H14N6O4Zn. The quantitative estimate of drug-likeness (QED) is 0.247. The van der Waals surface area contributed by atoms with Gasteiger partial charge in [0.05, 0.1) is 22.1 Å². The van der Waals surface area contributed by atoms with Gasteiger partial charge in [-0.05, 0) is 24.5 Å². The molecule has 134 valence electrons.